The zero-order chi connectivity index (χ0) is 14.2. The molecule has 5 heteroatoms. The van der Waals surface area contributed by atoms with Crippen LogP contribution < -0.4 is 4.74 Å². The van der Waals surface area contributed by atoms with Gasteiger partial charge >= 0.3 is 0 Å². The molecule has 0 atom stereocenters. The van der Waals surface area contributed by atoms with Crippen LogP contribution in [-0.2, 0) is 9.53 Å². The smallest absolute Gasteiger partial charge is 0.248 e. The number of rotatable bonds is 4. The van der Waals surface area contributed by atoms with Gasteiger partial charge in [-0.25, -0.2) is 0 Å². The largest absolute Gasteiger partial charge is 0.492 e. The van der Waals surface area contributed by atoms with Crippen molar-refractivity contribution in [2.45, 2.75) is 0 Å². The number of amides is 1. The number of aliphatic hydroxyl groups excluding tert-OH is 1. The summed E-state index contributed by atoms with van der Waals surface area (Å²) in [5, 5.41) is 8.60. The van der Waals surface area contributed by atoms with Gasteiger partial charge in [0.2, 0.25) is 5.91 Å². The van der Waals surface area contributed by atoms with E-state index in [9.17, 15) is 4.79 Å². The van der Waals surface area contributed by atoms with Gasteiger partial charge < -0.3 is 19.5 Å². The van der Waals surface area contributed by atoms with Crippen LogP contribution >= 0.6 is 0 Å². The summed E-state index contributed by atoms with van der Waals surface area (Å²) in [6.45, 7) is 2.24. The van der Waals surface area contributed by atoms with Gasteiger partial charge in [0.1, 0.15) is 25.6 Å². The van der Waals surface area contributed by atoms with Crippen LogP contribution in [0.2, 0.25) is 0 Å². The van der Waals surface area contributed by atoms with Crippen LogP contribution in [0.5, 0.6) is 5.75 Å². The Morgan fingerprint density at radius 3 is 2.85 bits per heavy atom. The van der Waals surface area contributed by atoms with Crippen LogP contribution in [0, 0.1) is 11.8 Å². The molecule has 2 rings (SSSR count). The van der Waals surface area contributed by atoms with Gasteiger partial charge in [-0.3, -0.25) is 4.79 Å². The molecule has 0 aromatic heterocycles. The van der Waals surface area contributed by atoms with Gasteiger partial charge in [0.05, 0.1) is 13.2 Å². The fourth-order valence-corrected chi connectivity index (χ4v) is 1.84. The van der Waals surface area contributed by atoms with E-state index in [2.05, 4.69) is 11.8 Å². The quantitative estimate of drug-likeness (QED) is 0.801. The van der Waals surface area contributed by atoms with Crippen molar-refractivity contribution in [3.8, 4) is 17.6 Å². The third-order valence-electron chi connectivity index (χ3n) is 2.88. The first-order valence-corrected chi connectivity index (χ1v) is 6.48. The maximum atomic E-state index is 11.5. The van der Waals surface area contributed by atoms with Crippen molar-refractivity contribution in [3.63, 3.8) is 0 Å². The summed E-state index contributed by atoms with van der Waals surface area (Å²) in [6, 6.07) is 7.31. The molecule has 1 saturated heterocycles. The molecule has 1 aliphatic heterocycles. The number of carbonyl (C=O) groups is 1. The van der Waals surface area contributed by atoms with Crippen molar-refractivity contribution in [1.29, 1.82) is 0 Å². The minimum atomic E-state index is -0.147. The summed E-state index contributed by atoms with van der Waals surface area (Å²) in [5.41, 5.74) is 0.828. The second kappa shape index (κ2) is 7.53. The van der Waals surface area contributed by atoms with Crippen molar-refractivity contribution in [2.75, 3.05) is 39.5 Å². The van der Waals surface area contributed by atoms with E-state index in [0.717, 1.165) is 11.3 Å². The average molecular weight is 275 g/mol. The normalized spacial score (nSPS) is 14.7. The summed E-state index contributed by atoms with van der Waals surface area (Å²) < 4.78 is 10.6. The molecule has 106 valence electrons. The molecule has 0 unspecified atom stereocenters. The molecular weight excluding hydrogens is 258 g/mol. The Bertz CT molecular complexity index is 501. The van der Waals surface area contributed by atoms with Gasteiger partial charge in [-0.15, -0.1) is 0 Å². The van der Waals surface area contributed by atoms with Crippen molar-refractivity contribution >= 4 is 5.91 Å². The first-order valence-electron chi connectivity index (χ1n) is 6.48. The Kier molecular flexibility index (Phi) is 5.42. The van der Waals surface area contributed by atoms with E-state index in [1.165, 1.54) is 0 Å². The predicted molar refractivity (Wildman–Crippen MR) is 73.3 cm³/mol. The van der Waals surface area contributed by atoms with Gasteiger partial charge in [-0.2, -0.15) is 0 Å². The Balaban J connectivity index is 1.77. The molecule has 1 amide bonds. The Morgan fingerprint density at radius 1 is 1.35 bits per heavy atom. The fraction of sp³-hybridized carbons (Fsp3) is 0.400. The van der Waals surface area contributed by atoms with Gasteiger partial charge in [-0.1, -0.05) is 11.8 Å². The second-order valence-corrected chi connectivity index (χ2v) is 4.27. The number of morpholine rings is 1. The lowest BCUT2D eigenvalue weighted by Gasteiger charge is -2.26. The molecule has 1 aromatic rings. The maximum absolute atomic E-state index is 11.5. The van der Waals surface area contributed by atoms with E-state index in [1.54, 1.807) is 4.90 Å². The molecule has 0 aliphatic carbocycles. The highest BCUT2D eigenvalue weighted by Crippen LogP contribution is 2.11. The zero-order valence-corrected chi connectivity index (χ0v) is 11.2. The highest BCUT2D eigenvalue weighted by molar-refractivity contribution is 5.77. The summed E-state index contributed by atoms with van der Waals surface area (Å²) in [7, 11) is 0. The summed E-state index contributed by atoms with van der Waals surface area (Å²) in [6.07, 6.45) is 0. The molecule has 0 radical (unpaired) electrons. The molecule has 0 saturated carbocycles. The van der Waals surface area contributed by atoms with E-state index in [4.69, 9.17) is 14.6 Å². The lowest BCUT2D eigenvalue weighted by Crippen LogP contribution is -2.43. The van der Waals surface area contributed by atoms with Crippen LogP contribution in [0.4, 0.5) is 0 Å². The summed E-state index contributed by atoms with van der Waals surface area (Å²) in [4.78, 5) is 13.2. The van der Waals surface area contributed by atoms with Crippen LogP contribution in [0.3, 0.4) is 0 Å². The first-order chi connectivity index (χ1) is 9.79. The van der Waals surface area contributed by atoms with Crippen molar-refractivity contribution in [3.05, 3.63) is 29.8 Å². The molecule has 1 aromatic carbocycles. The maximum Gasteiger partial charge on any atom is 0.248 e. The van der Waals surface area contributed by atoms with Gasteiger partial charge in [0.15, 0.2) is 0 Å². The highest BCUT2D eigenvalue weighted by atomic mass is 16.5. The minimum Gasteiger partial charge on any atom is -0.492 e. The SMILES string of the molecule is O=C1COCCN1CCOc1ccc(C#CCO)cc1. The Labute approximate surface area is 118 Å². The topological polar surface area (TPSA) is 59.0 Å². The lowest BCUT2D eigenvalue weighted by atomic mass is 10.2. The molecule has 1 fully saturated rings. The number of hydrogen-bond donors (Lipinski definition) is 1. The van der Waals surface area contributed by atoms with Crippen LogP contribution in [-0.4, -0.2) is 55.4 Å². The van der Waals surface area contributed by atoms with Crippen molar-refractivity contribution in [2.24, 2.45) is 0 Å². The number of nitrogens with zero attached hydrogens (tertiary/aromatic N) is 1. The third-order valence-corrected chi connectivity index (χ3v) is 2.88. The standard InChI is InChI=1S/C15H17NO4/c17-9-1-2-13-3-5-14(6-4-13)20-11-8-16-7-10-19-12-15(16)18/h3-6,17H,7-12H2. The number of benzene rings is 1. The summed E-state index contributed by atoms with van der Waals surface area (Å²) >= 11 is 0. The van der Waals surface area contributed by atoms with Gasteiger partial charge in [0.25, 0.3) is 0 Å². The minimum absolute atomic E-state index is 0.00877. The van der Waals surface area contributed by atoms with E-state index in [0.29, 0.717) is 26.3 Å². The third kappa shape index (κ3) is 4.26. The molecule has 0 bridgehead atoms. The predicted octanol–water partition coefficient (Wildman–Crippen LogP) is 0.268. The molecule has 0 spiro atoms. The molecule has 5 nitrogen and oxygen atoms in total. The zero-order valence-electron chi connectivity index (χ0n) is 11.2. The summed E-state index contributed by atoms with van der Waals surface area (Å²) in [5.74, 6) is 6.14. The number of carbonyl (C=O) groups excluding carboxylic acids is 1. The van der Waals surface area contributed by atoms with E-state index >= 15 is 0 Å². The van der Waals surface area contributed by atoms with Crippen LogP contribution in [0.1, 0.15) is 5.56 Å². The first kappa shape index (κ1) is 14.4. The number of hydrogen-bond acceptors (Lipinski definition) is 4. The number of ether oxygens (including phenoxy) is 2. The monoisotopic (exact) mass is 275 g/mol. The lowest BCUT2D eigenvalue weighted by molar-refractivity contribution is -0.143. The highest BCUT2D eigenvalue weighted by Gasteiger charge is 2.17. The van der Waals surface area contributed by atoms with Crippen LogP contribution in [0.25, 0.3) is 0 Å². The number of aliphatic hydroxyl groups is 1. The Morgan fingerprint density at radius 2 is 2.15 bits per heavy atom. The average Bonchev–Trinajstić information content (AvgIpc) is 2.48. The van der Waals surface area contributed by atoms with E-state index in [1.807, 2.05) is 24.3 Å². The molecular formula is C15H17NO4. The van der Waals surface area contributed by atoms with Gasteiger partial charge in [0, 0.05) is 12.1 Å². The van der Waals surface area contributed by atoms with Gasteiger partial charge in [-0.05, 0) is 24.3 Å². The van der Waals surface area contributed by atoms with Crippen LogP contribution in [0.15, 0.2) is 24.3 Å². The van der Waals surface area contributed by atoms with E-state index < -0.39 is 0 Å². The molecule has 1 heterocycles. The molecule has 20 heavy (non-hydrogen) atoms. The molecule has 1 N–H and O–H groups in total. The second-order valence-electron chi connectivity index (χ2n) is 4.27. The Hall–Kier alpha value is -2.03. The fourth-order valence-electron chi connectivity index (χ4n) is 1.84. The van der Waals surface area contributed by atoms with Crippen molar-refractivity contribution < 1.29 is 19.4 Å². The van der Waals surface area contributed by atoms with E-state index in [-0.39, 0.29) is 19.1 Å². The van der Waals surface area contributed by atoms with Crippen molar-refractivity contribution in [1.82, 2.24) is 4.90 Å². The molecule has 1 aliphatic rings.